The van der Waals surface area contributed by atoms with Gasteiger partial charge in [-0.2, -0.15) is 11.8 Å². The third kappa shape index (κ3) is 3.92. The van der Waals surface area contributed by atoms with Gasteiger partial charge in [0.05, 0.1) is 0 Å². The van der Waals surface area contributed by atoms with Crippen molar-refractivity contribution >= 4 is 23.4 Å². The summed E-state index contributed by atoms with van der Waals surface area (Å²) in [6.45, 7) is 5.88. The van der Waals surface area contributed by atoms with Crippen LogP contribution in [0.3, 0.4) is 0 Å². The number of nitrogens with zero attached hydrogens (tertiary/aromatic N) is 2. The van der Waals surface area contributed by atoms with Gasteiger partial charge in [0.25, 0.3) is 0 Å². The molecule has 4 heteroatoms. The summed E-state index contributed by atoms with van der Waals surface area (Å²) in [5, 5.41) is 0. The summed E-state index contributed by atoms with van der Waals surface area (Å²) < 4.78 is 0. The Morgan fingerprint density at radius 1 is 1.20 bits per heavy atom. The molecule has 1 aliphatic rings. The second-order valence-corrected chi connectivity index (χ2v) is 6.24. The summed E-state index contributed by atoms with van der Waals surface area (Å²) in [6.07, 6.45) is 3.78. The van der Waals surface area contributed by atoms with Gasteiger partial charge in [-0.1, -0.05) is 18.2 Å². The number of thioether (sulfide) groups is 1. The standard InChI is InChI=1S/C16H24N2OS/c1-14-6-3-4-7-15(14)17-9-5-10-18(12-11-17)16(19)8-13-20-2/h3-4,6-7H,5,8-13H2,1-2H3. The Morgan fingerprint density at radius 3 is 2.75 bits per heavy atom. The van der Waals surface area contributed by atoms with Crippen LogP contribution < -0.4 is 4.90 Å². The average Bonchev–Trinajstić information content (AvgIpc) is 2.71. The van der Waals surface area contributed by atoms with Crippen LogP contribution in [-0.2, 0) is 4.79 Å². The number of benzene rings is 1. The van der Waals surface area contributed by atoms with Crippen molar-refractivity contribution < 1.29 is 4.79 Å². The first-order valence-corrected chi connectivity index (χ1v) is 8.69. The molecule has 0 aromatic heterocycles. The first kappa shape index (κ1) is 15.2. The highest BCUT2D eigenvalue weighted by Gasteiger charge is 2.19. The van der Waals surface area contributed by atoms with Crippen LogP contribution in [0.5, 0.6) is 0 Å². The molecular weight excluding hydrogens is 268 g/mol. The highest BCUT2D eigenvalue weighted by molar-refractivity contribution is 7.98. The lowest BCUT2D eigenvalue weighted by Crippen LogP contribution is -2.35. The second kappa shape index (κ2) is 7.58. The lowest BCUT2D eigenvalue weighted by molar-refractivity contribution is -0.130. The van der Waals surface area contributed by atoms with Crippen LogP contribution in [0, 0.1) is 6.92 Å². The topological polar surface area (TPSA) is 23.6 Å². The zero-order valence-electron chi connectivity index (χ0n) is 12.5. The fourth-order valence-corrected chi connectivity index (χ4v) is 3.05. The van der Waals surface area contributed by atoms with Crippen molar-refractivity contribution in [2.45, 2.75) is 19.8 Å². The van der Waals surface area contributed by atoms with E-state index in [1.54, 1.807) is 11.8 Å². The van der Waals surface area contributed by atoms with Gasteiger partial charge in [-0.05, 0) is 31.2 Å². The van der Waals surface area contributed by atoms with Crippen LogP contribution in [0.4, 0.5) is 5.69 Å². The Bertz CT molecular complexity index is 450. The van der Waals surface area contributed by atoms with Crippen molar-refractivity contribution in [3.63, 3.8) is 0 Å². The van der Waals surface area contributed by atoms with Crippen LogP contribution >= 0.6 is 11.8 Å². The van der Waals surface area contributed by atoms with Crippen LogP contribution in [0.1, 0.15) is 18.4 Å². The van der Waals surface area contributed by atoms with Crippen molar-refractivity contribution in [1.29, 1.82) is 0 Å². The Hall–Kier alpha value is -1.16. The number of hydrogen-bond acceptors (Lipinski definition) is 3. The molecule has 0 radical (unpaired) electrons. The zero-order chi connectivity index (χ0) is 14.4. The molecule has 0 atom stereocenters. The zero-order valence-corrected chi connectivity index (χ0v) is 13.3. The average molecular weight is 292 g/mol. The van der Waals surface area contributed by atoms with E-state index >= 15 is 0 Å². The van der Waals surface area contributed by atoms with Crippen LogP contribution in [0.2, 0.25) is 0 Å². The second-order valence-electron chi connectivity index (χ2n) is 5.25. The van der Waals surface area contributed by atoms with Crippen molar-refractivity contribution in [2.24, 2.45) is 0 Å². The van der Waals surface area contributed by atoms with Gasteiger partial charge in [-0.15, -0.1) is 0 Å². The van der Waals surface area contributed by atoms with Crippen molar-refractivity contribution in [3.05, 3.63) is 29.8 Å². The van der Waals surface area contributed by atoms with E-state index in [1.807, 2.05) is 4.90 Å². The number of aryl methyl sites for hydroxylation is 1. The molecule has 20 heavy (non-hydrogen) atoms. The number of carbonyl (C=O) groups is 1. The summed E-state index contributed by atoms with van der Waals surface area (Å²) in [7, 11) is 0. The minimum Gasteiger partial charge on any atom is -0.369 e. The molecule has 1 aromatic carbocycles. The maximum Gasteiger partial charge on any atom is 0.223 e. The molecule has 1 aromatic rings. The Kier molecular flexibility index (Phi) is 5.77. The first-order chi connectivity index (χ1) is 9.72. The maximum absolute atomic E-state index is 12.1. The molecule has 0 saturated carbocycles. The summed E-state index contributed by atoms with van der Waals surface area (Å²) in [4.78, 5) is 16.6. The number of carbonyl (C=O) groups excluding carboxylic acids is 1. The normalized spacial score (nSPS) is 16.1. The van der Waals surface area contributed by atoms with Gasteiger partial charge >= 0.3 is 0 Å². The molecule has 1 saturated heterocycles. The highest BCUT2D eigenvalue weighted by atomic mass is 32.2. The molecule has 110 valence electrons. The minimum atomic E-state index is 0.311. The van der Waals surface area contributed by atoms with E-state index in [2.05, 4.69) is 42.3 Å². The van der Waals surface area contributed by atoms with E-state index in [0.717, 1.165) is 38.4 Å². The maximum atomic E-state index is 12.1. The lowest BCUT2D eigenvalue weighted by Gasteiger charge is -2.25. The molecule has 0 N–H and O–H groups in total. The Morgan fingerprint density at radius 2 is 2.00 bits per heavy atom. The predicted molar refractivity (Wildman–Crippen MR) is 87.6 cm³/mol. The molecule has 0 spiro atoms. The number of para-hydroxylation sites is 1. The summed E-state index contributed by atoms with van der Waals surface area (Å²) in [5.74, 6) is 1.24. The van der Waals surface area contributed by atoms with Gasteiger partial charge < -0.3 is 9.80 Å². The largest absolute Gasteiger partial charge is 0.369 e. The fourth-order valence-electron chi connectivity index (χ4n) is 2.67. The van der Waals surface area contributed by atoms with E-state index in [-0.39, 0.29) is 0 Å². The van der Waals surface area contributed by atoms with E-state index in [1.165, 1.54) is 11.3 Å². The summed E-state index contributed by atoms with van der Waals surface area (Å²) >= 11 is 1.74. The molecule has 3 nitrogen and oxygen atoms in total. The van der Waals surface area contributed by atoms with Gasteiger partial charge in [0.15, 0.2) is 0 Å². The number of rotatable bonds is 4. The minimum absolute atomic E-state index is 0.311. The lowest BCUT2D eigenvalue weighted by atomic mass is 10.2. The van der Waals surface area contributed by atoms with Gasteiger partial charge in [0.2, 0.25) is 5.91 Å². The van der Waals surface area contributed by atoms with Crippen molar-refractivity contribution in [3.8, 4) is 0 Å². The first-order valence-electron chi connectivity index (χ1n) is 7.29. The molecular formula is C16H24N2OS. The van der Waals surface area contributed by atoms with E-state index in [0.29, 0.717) is 12.3 Å². The number of hydrogen-bond donors (Lipinski definition) is 0. The summed E-state index contributed by atoms with van der Waals surface area (Å²) in [5.41, 5.74) is 2.63. The highest BCUT2D eigenvalue weighted by Crippen LogP contribution is 2.21. The smallest absolute Gasteiger partial charge is 0.223 e. The van der Waals surface area contributed by atoms with Gasteiger partial charge in [0, 0.05) is 44.0 Å². The monoisotopic (exact) mass is 292 g/mol. The number of amides is 1. The van der Waals surface area contributed by atoms with E-state index in [9.17, 15) is 4.79 Å². The van der Waals surface area contributed by atoms with Crippen LogP contribution in [0.15, 0.2) is 24.3 Å². The third-order valence-corrected chi connectivity index (χ3v) is 4.44. The molecule has 1 heterocycles. The molecule has 1 aliphatic heterocycles. The number of anilines is 1. The molecule has 0 aliphatic carbocycles. The fraction of sp³-hybridized carbons (Fsp3) is 0.562. The summed E-state index contributed by atoms with van der Waals surface area (Å²) in [6, 6.07) is 8.51. The Balaban J connectivity index is 1.95. The predicted octanol–water partition coefficient (Wildman–Crippen LogP) is 2.79. The molecule has 2 rings (SSSR count). The van der Waals surface area contributed by atoms with Gasteiger partial charge in [-0.25, -0.2) is 0 Å². The van der Waals surface area contributed by atoms with E-state index in [4.69, 9.17) is 0 Å². The molecule has 1 fully saturated rings. The molecule has 1 amide bonds. The van der Waals surface area contributed by atoms with Crippen LogP contribution in [0.25, 0.3) is 0 Å². The molecule has 0 bridgehead atoms. The third-order valence-electron chi connectivity index (χ3n) is 3.82. The van der Waals surface area contributed by atoms with Crippen molar-refractivity contribution in [2.75, 3.05) is 43.1 Å². The SMILES string of the molecule is CSCCC(=O)N1CCCN(c2ccccc2C)CC1. The van der Waals surface area contributed by atoms with Crippen molar-refractivity contribution in [1.82, 2.24) is 4.90 Å². The van der Waals surface area contributed by atoms with Gasteiger partial charge in [-0.3, -0.25) is 4.79 Å². The quantitative estimate of drug-likeness (QED) is 0.852. The van der Waals surface area contributed by atoms with Gasteiger partial charge in [0.1, 0.15) is 0 Å². The Labute approximate surface area is 126 Å². The van der Waals surface area contributed by atoms with Crippen LogP contribution in [-0.4, -0.2) is 49.0 Å². The molecule has 0 unspecified atom stereocenters. The van der Waals surface area contributed by atoms with E-state index < -0.39 is 0 Å².